The highest BCUT2D eigenvalue weighted by atomic mass is 35.5. The lowest BCUT2D eigenvalue weighted by atomic mass is 10.1. The number of halogens is 2. The van der Waals surface area contributed by atoms with Crippen LogP contribution in [0.25, 0.3) is 0 Å². The Balaban J connectivity index is 2.70. The Morgan fingerprint density at radius 3 is 2.35 bits per heavy atom. The van der Waals surface area contributed by atoms with Crippen LogP contribution in [-0.2, 0) is 0 Å². The largest absolute Gasteiger partial charge is 0.505 e. The van der Waals surface area contributed by atoms with Gasteiger partial charge in [-0.2, -0.15) is 0 Å². The molecular weight excluding hydrogens is 261 g/mol. The lowest BCUT2D eigenvalue weighted by molar-refractivity contribution is 0.0952. The number of benzene rings is 1. The van der Waals surface area contributed by atoms with Crippen molar-refractivity contribution in [2.75, 3.05) is 6.54 Å². The second kappa shape index (κ2) is 6.12. The average Bonchev–Trinajstić information content (AvgIpc) is 2.24. The maximum atomic E-state index is 11.7. The molecule has 0 saturated heterocycles. The highest BCUT2D eigenvalue weighted by Gasteiger charge is 2.11. The number of phenolic OH excluding ortho intramolecular Hbond substituents is 1. The van der Waals surface area contributed by atoms with Crippen LogP contribution in [0, 0.1) is 5.92 Å². The maximum absolute atomic E-state index is 11.7. The van der Waals surface area contributed by atoms with Gasteiger partial charge in [0.1, 0.15) is 0 Å². The molecular formula is C12H15Cl2NO2. The van der Waals surface area contributed by atoms with Crippen LogP contribution in [0.2, 0.25) is 10.0 Å². The Kier molecular flexibility index (Phi) is 5.09. The van der Waals surface area contributed by atoms with E-state index >= 15 is 0 Å². The third-order valence-electron chi connectivity index (χ3n) is 2.29. The molecule has 0 spiro atoms. The predicted octanol–water partition coefficient (Wildman–Crippen LogP) is 3.47. The zero-order chi connectivity index (χ0) is 13.0. The van der Waals surface area contributed by atoms with Gasteiger partial charge in [-0.1, -0.05) is 37.0 Å². The van der Waals surface area contributed by atoms with Gasteiger partial charge < -0.3 is 10.4 Å². The number of hydrogen-bond acceptors (Lipinski definition) is 2. The van der Waals surface area contributed by atoms with Gasteiger partial charge in [0.05, 0.1) is 10.0 Å². The van der Waals surface area contributed by atoms with Crippen molar-refractivity contribution in [3.63, 3.8) is 0 Å². The van der Waals surface area contributed by atoms with Crippen molar-refractivity contribution in [3.8, 4) is 5.75 Å². The average molecular weight is 276 g/mol. The SMILES string of the molecule is CC(C)CCNC(=O)c1cc(Cl)c(O)c(Cl)c1. The second-order valence-electron chi connectivity index (χ2n) is 4.23. The van der Waals surface area contributed by atoms with Crippen LogP contribution < -0.4 is 5.32 Å². The summed E-state index contributed by atoms with van der Waals surface area (Å²) in [6.45, 7) is 4.77. The van der Waals surface area contributed by atoms with Gasteiger partial charge in [0.2, 0.25) is 0 Å². The Morgan fingerprint density at radius 2 is 1.88 bits per heavy atom. The standard InChI is InChI=1S/C12H15Cl2NO2/c1-7(2)3-4-15-12(17)8-5-9(13)11(16)10(14)6-8/h5-7,16H,3-4H2,1-2H3,(H,15,17). The third-order valence-corrected chi connectivity index (χ3v) is 2.86. The first-order valence-electron chi connectivity index (χ1n) is 5.38. The molecule has 0 aliphatic rings. The summed E-state index contributed by atoms with van der Waals surface area (Å²) in [7, 11) is 0. The van der Waals surface area contributed by atoms with E-state index in [1.54, 1.807) is 0 Å². The van der Waals surface area contributed by atoms with E-state index in [1.165, 1.54) is 12.1 Å². The van der Waals surface area contributed by atoms with E-state index in [2.05, 4.69) is 19.2 Å². The molecule has 5 heteroatoms. The molecule has 1 aromatic carbocycles. The molecule has 0 radical (unpaired) electrons. The van der Waals surface area contributed by atoms with Crippen molar-refractivity contribution in [2.45, 2.75) is 20.3 Å². The molecule has 0 aliphatic carbocycles. The van der Waals surface area contributed by atoms with Gasteiger partial charge in [0, 0.05) is 12.1 Å². The zero-order valence-electron chi connectivity index (χ0n) is 9.76. The normalized spacial score (nSPS) is 10.6. The molecule has 0 aromatic heterocycles. The van der Waals surface area contributed by atoms with E-state index in [1.807, 2.05) is 0 Å². The summed E-state index contributed by atoms with van der Waals surface area (Å²) in [6, 6.07) is 2.79. The van der Waals surface area contributed by atoms with Gasteiger partial charge in [0.15, 0.2) is 5.75 Å². The number of aromatic hydroxyl groups is 1. The van der Waals surface area contributed by atoms with E-state index in [4.69, 9.17) is 23.2 Å². The van der Waals surface area contributed by atoms with E-state index in [-0.39, 0.29) is 21.7 Å². The lowest BCUT2D eigenvalue weighted by Crippen LogP contribution is -2.25. The minimum Gasteiger partial charge on any atom is -0.505 e. The van der Waals surface area contributed by atoms with Crippen molar-refractivity contribution in [2.24, 2.45) is 5.92 Å². The van der Waals surface area contributed by atoms with Gasteiger partial charge in [-0.3, -0.25) is 4.79 Å². The highest BCUT2D eigenvalue weighted by Crippen LogP contribution is 2.32. The summed E-state index contributed by atoms with van der Waals surface area (Å²) in [6.07, 6.45) is 0.908. The summed E-state index contributed by atoms with van der Waals surface area (Å²) < 4.78 is 0. The number of amides is 1. The molecule has 1 aromatic rings. The number of hydrogen-bond donors (Lipinski definition) is 2. The first kappa shape index (κ1) is 14.1. The van der Waals surface area contributed by atoms with E-state index in [0.717, 1.165) is 6.42 Å². The van der Waals surface area contributed by atoms with Gasteiger partial charge in [-0.25, -0.2) is 0 Å². The van der Waals surface area contributed by atoms with Crippen LogP contribution in [0.1, 0.15) is 30.6 Å². The predicted molar refractivity (Wildman–Crippen MR) is 69.9 cm³/mol. The highest BCUT2D eigenvalue weighted by molar-refractivity contribution is 6.37. The molecule has 3 nitrogen and oxygen atoms in total. The molecule has 1 amide bonds. The number of phenols is 1. The first-order chi connectivity index (χ1) is 7.91. The Labute approximate surface area is 111 Å². The van der Waals surface area contributed by atoms with Gasteiger partial charge in [-0.15, -0.1) is 0 Å². The molecule has 0 heterocycles. The second-order valence-corrected chi connectivity index (χ2v) is 5.04. The third kappa shape index (κ3) is 4.10. The van der Waals surface area contributed by atoms with Crippen molar-refractivity contribution in [1.82, 2.24) is 5.32 Å². The number of carbonyl (C=O) groups is 1. The molecule has 94 valence electrons. The Morgan fingerprint density at radius 1 is 1.35 bits per heavy atom. The van der Waals surface area contributed by atoms with Crippen molar-refractivity contribution >= 4 is 29.1 Å². The number of carbonyl (C=O) groups excluding carboxylic acids is 1. The molecule has 0 fully saturated rings. The van der Waals surface area contributed by atoms with Crippen molar-refractivity contribution < 1.29 is 9.90 Å². The molecule has 2 N–H and O–H groups in total. The van der Waals surface area contributed by atoms with E-state index < -0.39 is 0 Å². The topological polar surface area (TPSA) is 49.3 Å². The van der Waals surface area contributed by atoms with Crippen LogP contribution in [0.4, 0.5) is 0 Å². The van der Waals surface area contributed by atoms with Crippen molar-refractivity contribution in [1.29, 1.82) is 0 Å². The summed E-state index contributed by atoms with van der Waals surface area (Å²) in [5.41, 5.74) is 0.349. The van der Waals surface area contributed by atoms with Crippen LogP contribution in [-0.4, -0.2) is 17.6 Å². The van der Waals surface area contributed by atoms with E-state index in [0.29, 0.717) is 18.0 Å². The smallest absolute Gasteiger partial charge is 0.251 e. The Bertz CT molecular complexity index is 396. The summed E-state index contributed by atoms with van der Waals surface area (Å²) in [5, 5.41) is 12.3. The van der Waals surface area contributed by atoms with Crippen LogP contribution >= 0.6 is 23.2 Å². The zero-order valence-corrected chi connectivity index (χ0v) is 11.3. The quantitative estimate of drug-likeness (QED) is 0.884. The van der Waals surface area contributed by atoms with Gasteiger partial charge >= 0.3 is 0 Å². The molecule has 0 unspecified atom stereocenters. The summed E-state index contributed by atoms with van der Waals surface area (Å²) in [4.78, 5) is 11.7. The molecule has 0 aliphatic heterocycles. The summed E-state index contributed by atoms with van der Waals surface area (Å²) in [5.74, 6) is 0.0869. The van der Waals surface area contributed by atoms with Crippen LogP contribution in [0.5, 0.6) is 5.75 Å². The van der Waals surface area contributed by atoms with Gasteiger partial charge in [0.25, 0.3) is 5.91 Å². The minimum absolute atomic E-state index is 0.0755. The summed E-state index contributed by atoms with van der Waals surface area (Å²) >= 11 is 11.5. The molecule has 0 bridgehead atoms. The maximum Gasteiger partial charge on any atom is 0.251 e. The van der Waals surface area contributed by atoms with E-state index in [9.17, 15) is 9.90 Å². The number of rotatable bonds is 4. The fourth-order valence-electron chi connectivity index (χ4n) is 1.27. The number of nitrogens with one attached hydrogen (secondary N) is 1. The monoisotopic (exact) mass is 275 g/mol. The molecule has 0 atom stereocenters. The molecule has 17 heavy (non-hydrogen) atoms. The van der Waals surface area contributed by atoms with Crippen LogP contribution in [0.15, 0.2) is 12.1 Å². The molecule has 0 saturated carbocycles. The fraction of sp³-hybridized carbons (Fsp3) is 0.417. The minimum atomic E-state index is -0.241. The van der Waals surface area contributed by atoms with Gasteiger partial charge in [-0.05, 0) is 24.5 Å². The van der Waals surface area contributed by atoms with Crippen molar-refractivity contribution in [3.05, 3.63) is 27.7 Å². The first-order valence-corrected chi connectivity index (χ1v) is 6.13. The Hall–Kier alpha value is -0.930. The molecule has 1 rings (SSSR count). The lowest BCUT2D eigenvalue weighted by Gasteiger charge is -2.08. The fourth-order valence-corrected chi connectivity index (χ4v) is 1.76. The van der Waals surface area contributed by atoms with Crippen LogP contribution in [0.3, 0.4) is 0 Å².